The lowest BCUT2D eigenvalue weighted by atomic mass is 10.2. The summed E-state index contributed by atoms with van der Waals surface area (Å²) in [5, 5.41) is 34.8. The number of tetrazole rings is 1. The van der Waals surface area contributed by atoms with Crippen molar-refractivity contribution in [1.29, 1.82) is 5.26 Å². The van der Waals surface area contributed by atoms with Gasteiger partial charge in [0, 0.05) is 6.20 Å². The van der Waals surface area contributed by atoms with Crippen molar-refractivity contribution in [1.82, 2.24) is 20.6 Å². The highest BCUT2D eigenvalue weighted by Gasteiger charge is 2.19. The van der Waals surface area contributed by atoms with Crippen LogP contribution in [0.25, 0.3) is 5.57 Å². The van der Waals surface area contributed by atoms with Gasteiger partial charge < -0.3 is 5.32 Å². The molecule has 0 spiro atoms. The van der Waals surface area contributed by atoms with Gasteiger partial charge in [0.25, 0.3) is 0 Å². The Morgan fingerprint density at radius 1 is 1.60 bits per heavy atom. The van der Waals surface area contributed by atoms with E-state index >= 15 is 0 Å². The summed E-state index contributed by atoms with van der Waals surface area (Å²) < 4.78 is 13.4. The molecule has 0 aliphatic heterocycles. The maximum Gasteiger partial charge on any atom is 0.327 e. The van der Waals surface area contributed by atoms with Crippen molar-refractivity contribution < 1.29 is 9.31 Å². The van der Waals surface area contributed by atoms with Gasteiger partial charge in [-0.25, -0.2) is 0 Å². The number of nitro benzene ring substituents is 1. The molecule has 2 N–H and O–H groups in total. The minimum Gasteiger partial charge on any atom is -0.355 e. The van der Waals surface area contributed by atoms with Gasteiger partial charge >= 0.3 is 5.69 Å². The number of aromatic amines is 1. The third kappa shape index (κ3) is 2.56. The zero-order valence-corrected chi connectivity index (χ0v) is 9.74. The van der Waals surface area contributed by atoms with E-state index in [1.807, 2.05) is 0 Å². The fourth-order valence-electron chi connectivity index (χ4n) is 1.39. The second-order valence-corrected chi connectivity index (χ2v) is 3.44. The van der Waals surface area contributed by atoms with Crippen molar-refractivity contribution >= 4 is 16.9 Å². The molecule has 0 unspecified atom stereocenters. The molecule has 10 heteroatoms. The van der Waals surface area contributed by atoms with Crippen molar-refractivity contribution in [2.24, 2.45) is 0 Å². The Kier molecular flexibility index (Phi) is 3.62. The number of rotatable bonds is 4. The van der Waals surface area contributed by atoms with E-state index in [-0.39, 0.29) is 17.1 Å². The fraction of sp³-hybridized carbons (Fsp3) is 0. The number of halogens is 1. The number of nitriles is 1. The monoisotopic (exact) mass is 275 g/mol. The molecule has 0 aliphatic rings. The predicted molar refractivity (Wildman–Crippen MR) is 64.4 cm³/mol. The highest BCUT2D eigenvalue weighted by molar-refractivity contribution is 5.75. The van der Waals surface area contributed by atoms with Crippen LogP contribution in [0, 0.1) is 27.3 Å². The third-order valence-corrected chi connectivity index (χ3v) is 2.25. The van der Waals surface area contributed by atoms with Crippen molar-refractivity contribution in [3.05, 3.63) is 46.2 Å². The Labute approximate surface area is 110 Å². The average Bonchev–Trinajstić information content (AvgIpc) is 2.93. The summed E-state index contributed by atoms with van der Waals surface area (Å²) in [7, 11) is 0. The molecule has 0 fully saturated rings. The maximum atomic E-state index is 13.4. The maximum absolute atomic E-state index is 13.4. The summed E-state index contributed by atoms with van der Waals surface area (Å²) in [4.78, 5) is 9.93. The van der Waals surface area contributed by atoms with Gasteiger partial charge in [-0.15, -0.1) is 10.2 Å². The highest BCUT2D eigenvalue weighted by atomic mass is 19.1. The number of benzene rings is 1. The SMILES string of the molecule is N#CC(=CNc1cccc(F)c1[N+](=O)[O-])c1nn[nH]n1. The Morgan fingerprint density at radius 2 is 2.40 bits per heavy atom. The van der Waals surface area contributed by atoms with Crippen LogP contribution in [0.15, 0.2) is 24.4 Å². The fourth-order valence-corrected chi connectivity index (χ4v) is 1.39. The van der Waals surface area contributed by atoms with Gasteiger partial charge in [-0.3, -0.25) is 10.1 Å². The van der Waals surface area contributed by atoms with E-state index in [1.165, 1.54) is 12.1 Å². The van der Waals surface area contributed by atoms with Crippen molar-refractivity contribution in [3.63, 3.8) is 0 Å². The number of hydrogen-bond acceptors (Lipinski definition) is 7. The van der Waals surface area contributed by atoms with Crippen molar-refractivity contribution in [2.45, 2.75) is 0 Å². The van der Waals surface area contributed by atoms with Crippen molar-refractivity contribution in [2.75, 3.05) is 5.32 Å². The molecule has 2 rings (SSSR count). The van der Waals surface area contributed by atoms with Gasteiger partial charge in [0.2, 0.25) is 11.6 Å². The van der Waals surface area contributed by atoms with E-state index in [2.05, 4.69) is 25.9 Å². The smallest absolute Gasteiger partial charge is 0.327 e. The summed E-state index contributed by atoms with van der Waals surface area (Å²) in [5.41, 5.74) is -0.822. The molecule has 0 saturated heterocycles. The van der Waals surface area contributed by atoms with Crippen LogP contribution in [-0.2, 0) is 0 Å². The van der Waals surface area contributed by atoms with Crippen LogP contribution in [0.5, 0.6) is 0 Å². The predicted octanol–water partition coefficient (Wildman–Crippen LogP) is 1.22. The van der Waals surface area contributed by atoms with Gasteiger partial charge in [0.15, 0.2) is 0 Å². The first kappa shape index (κ1) is 13.1. The zero-order valence-electron chi connectivity index (χ0n) is 9.74. The Morgan fingerprint density at radius 3 is 3.00 bits per heavy atom. The first-order valence-corrected chi connectivity index (χ1v) is 5.17. The molecule has 1 aromatic heterocycles. The quantitative estimate of drug-likeness (QED) is 0.486. The van der Waals surface area contributed by atoms with Crippen LogP contribution < -0.4 is 5.32 Å². The van der Waals surface area contributed by atoms with Gasteiger partial charge in [-0.2, -0.15) is 14.9 Å². The number of nitrogens with zero attached hydrogens (tertiary/aromatic N) is 5. The first-order valence-electron chi connectivity index (χ1n) is 5.17. The van der Waals surface area contributed by atoms with Crippen LogP contribution in [0.2, 0.25) is 0 Å². The normalized spacial score (nSPS) is 10.9. The first-order chi connectivity index (χ1) is 9.63. The molecule has 0 atom stereocenters. The van der Waals surface area contributed by atoms with Gasteiger partial charge in [0.1, 0.15) is 17.3 Å². The van der Waals surface area contributed by atoms with E-state index in [0.717, 1.165) is 12.3 Å². The van der Waals surface area contributed by atoms with Gasteiger partial charge in [-0.05, 0) is 17.3 Å². The van der Waals surface area contributed by atoms with Crippen LogP contribution in [0.3, 0.4) is 0 Å². The number of hydrogen-bond donors (Lipinski definition) is 2. The molecule has 2 aromatic rings. The molecule has 100 valence electrons. The number of anilines is 1. The average molecular weight is 275 g/mol. The largest absolute Gasteiger partial charge is 0.355 e. The molecule has 20 heavy (non-hydrogen) atoms. The van der Waals surface area contributed by atoms with E-state index in [4.69, 9.17) is 5.26 Å². The molecule has 0 amide bonds. The Balaban J connectivity index is 2.34. The Hall–Kier alpha value is -3.35. The third-order valence-electron chi connectivity index (χ3n) is 2.25. The lowest BCUT2D eigenvalue weighted by Crippen LogP contribution is -2.00. The van der Waals surface area contributed by atoms with Gasteiger partial charge in [0.05, 0.1) is 4.92 Å². The molecule has 9 nitrogen and oxygen atoms in total. The number of allylic oxidation sites excluding steroid dienone is 1. The topological polar surface area (TPSA) is 133 Å². The highest BCUT2D eigenvalue weighted by Crippen LogP contribution is 2.27. The van der Waals surface area contributed by atoms with E-state index in [9.17, 15) is 14.5 Å². The van der Waals surface area contributed by atoms with E-state index in [0.29, 0.717) is 0 Å². The molecule has 0 bridgehead atoms. The van der Waals surface area contributed by atoms with Crippen LogP contribution in [0.4, 0.5) is 15.8 Å². The molecular formula is C10H6FN7O2. The summed E-state index contributed by atoms with van der Waals surface area (Å²) in [6.07, 6.45) is 1.13. The zero-order chi connectivity index (χ0) is 14.5. The summed E-state index contributed by atoms with van der Waals surface area (Å²) in [5.74, 6) is -0.967. The summed E-state index contributed by atoms with van der Waals surface area (Å²) >= 11 is 0. The number of aromatic nitrogens is 4. The second kappa shape index (κ2) is 5.53. The van der Waals surface area contributed by atoms with Crippen LogP contribution in [-0.4, -0.2) is 25.5 Å². The van der Waals surface area contributed by atoms with Crippen molar-refractivity contribution in [3.8, 4) is 6.07 Å². The van der Waals surface area contributed by atoms with E-state index < -0.39 is 16.4 Å². The molecular weight excluding hydrogens is 269 g/mol. The van der Waals surface area contributed by atoms with Gasteiger partial charge in [-0.1, -0.05) is 6.07 Å². The number of nitro groups is 1. The summed E-state index contributed by atoms with van der Waals surface area (Å²) in [6.45, 7) is 0. The second-order valence-electron chi connectivity index (χ2n) is 3.44. The minimum absolute atomic E-state index is 0.0130. The lowest BCUT2D eigenvalue weighted by Gasteiger charge is -2.03. The van der Waals surface area contributed by atoms with Crippen LogP contribution in [0.1, 0.15) is 5.82 Å². The lowest BCUT2D eigenvalue weighted by molar-refractivity contribution is -0.386. The number of H-pyrrole nitrogens is 1. The minimum atomic E-state index is -0.980. The molecule has 0 aliphatic carbocycles. The van der Waals surface area contributed by atoms with Crippen LogP contribution >= 0.6 is 0 Å². The number of para-hydroxylation sites is 1. The van der Waals surface area contributed by atoms with E-state index in [1.54, 1.807) is 6.07 Å². The molecule has 1 heterocycles. The summed E-state index contributed by atoms with van der Waals surface area (Å²) in [6, 6.07) is 5.37. The molecule has 0 radical (unpaired) electrons. The molecule has 0 saturated carbocycles. The molecule has 1 aromatic carbocycles. The standard InChI is InChI=1S/C10H6FN7O2/c11-7-2-1-3-8(9(7)18(19)20)13-5-6(4-12)10-14-16-17-15-10/h1-3,5,13H,(H,14,15,16,17). The number of nitrogens with one attached hydrogen (secondary N) is 2. The Bertz CT molecular complexity index is 705.